The van der Waals surface area contributed by atoms with Crippen LogP contribution < -0.4 is 10.1 Å². The molecule has 0 saturated carbocycles. The first-order chi connectivity index (χ1) is 9.97. The van der Waals surface area contributed by atoms with Gasteiger partial charge in [-0.2, -0.15) is 0 Å². The number of amides is 1. The Morgan fingerprint density at radius 3 is 2.48 bits per heavy atom. The first kappa shape index (κ1) is 17.0. The molecule has 1 atom stereocenters. The number of ether oxygens (including phenoxy) is 1. The average molecular weight is 293 g/mol. The lowest BCUT2D eigenvalue weighted by Crippen LogP contribution is -2.34. The predicted octanol–water partition coefficient (Wildman–Crippen LogP) is 2.32. The molecule has 5 heteroatoms. The number of aliphatic carboxylic acids is 1. The Hall–Kier alpha value is -2.04. The van der Waals surface area contributed by atoms with Crippen molar-refractivity contribution in [1.82, 2.24) is 5.32 Å². The normalized spacial score (nSPS) is 12.0. The van der Waals surface area contributed by atoms with Crippen LogP contribution in [-0.2, 0) is 9.59 Å². The molecular weight excluding hydrogens is 270 g/mol. The molecule has 21 heavy (non-hydrogen) atoms. The maximum atomic E-state index is 11.7. The van der Waals surface area contributed by atoms with E-state index < -0.39 is 5.97 Å². The largest absolute Gasteiger partial charge is 0.484 e. The van der Waals surface area contributed by atoms with Crippen molar-refractivity contribution in [1.29, 1.82) is 0 Å². The number of benzene rings is 1. The summed E-state index contributed by atoms with van der Waals surface area (Å²) in [5, 5.41) is 11.6. The summed E-state index contributed by atoms with van der Waals surface area (Å²) in [6, 6.07) is 9.09. The Morgan fingerprint density at radius 2 is 1.90 bits per heavy atom. The van der Waals surface area contributed by atoms with Gasteiger partial charge in [-0.3, -0.25) is 9.59 Å². The Balaban J connectivity index is 2.33. The van der Waals surface area contributed by atoms with Gasteiger partial charge in [-0.15, -0.1) is 0 Å². The van der Waals surface area contributed by atoms with Crippen molar-refractivity contribution < 1.29 is 19.4 Å². The first-order valence-corrected chi connectivity index (χ1v) is 7.13. The SMILES string of the molecule is CC(C)C[C@H](CNC(=O)COc1ccccc1)CC(=O)O. The number of hydrogen-bond donors (Lipinski definition) is 2. The van der Waals surface area contributed by atoms with E-state index in [1.807, 2.05) is 32.0 Å². The smallest absolute Gasteiger partial charge is 0.303 e. The highest BCUT2D eigenvalue weighted by atomic mass is 16.5. The predicted molar refractivity (Wildman–Crippen MR) is 80.1 cm³/mol. The lowest BCUT2D eigenvalue weighted by Gasteiger charge is -2.17. The molecule has 1 rings (SSSR count). The van der Waals surface area contributed by atoms with E-state index in [1.54, 1.807) is 12.1 Å². The topological polar surface area (TPSA) is 75.6 Å². The number of hydrogen-bond acceptors (Lipinski definition) is 3. The van der Waals surface area contributed by atoms with Crippen LogP contribution in [0.3, 0.4) is 0 Å². The molecule has 116 valence electrons. The van der Waals surface area contributed by atoms with Crippen LogP contribution in [0.25, 0.3) is 0 Å². The van der Waals surface area contributed by atoms with Crippen LogP contribution in [0.15, 0.2) is 30.3 Å². The lowest BCUT2D eigenvalue weighted by molar-refractivity contribution is -0.138. The number of carbonyl (C=O) groups excluding carboxylic acids is 1. The molecule has 1 amide bonds. The average Bonchev–Trinajstić information content (AvgIpc) is 2.42. The van der Waals surface area contributed by atoms with Crippen molar-refractivity contribution >= 4 is 11.9 Å². The van der Waals surface area contributed by atoms with Crippen molar-refractivity contribution in [2.45, 2.75) is 26.7 Å². The third kappa shape index (κ3) is 7.97. The summed E-state index contributed by atoms with van der Waals surface area (Å²) in [6.45, 7) is 4.37. The molecule has 0 unspecified atom stereocenters. The molecule has 0 bridgehead atoms. The fourth-order valence-corrected chi connectivity index (χ4v) is 2.13. The van der Waals surface area contributed by atoms with Gasteiger partial charge in [0.25, 0.3) is 5.91 Å². The summed E-state index contributed by atoms with van der Waals surface area (Å²) in [4.78, 5) is 22.5. The molecule has 1 aromatic carbocycles. The molecular formula is C16H23NO4. The number of nitrogens with one attached hydrogen (secondary N) is 1. The zero-order valence-corrected chi connectivity index (χ0v) is 12.5. The summed E-state index contributed by atoms with van der Waals surface area (Å²) in [6.07, 6.45) is 0.837. The zero-order valence-electron chi connectivity index (χ0n) is 12.5. The maximum absolute atomic E-state index is 11.7. The Bertz CT molecular complexity index is 445. The maximum Gasteiger partial charge on any atom is 0.303 e. The molecule has 0 saturated heterocycles. The van der Waals surface area contributed by atoms with Gasteiger partial charge in [-0.25, -0.2) is 0 Å². The van der Waals surface area contributed by atoms with Crippen LogP contribution in [0.2, 0.25) is 0 Å². The van der Waals surface area contributed by atoms with Crippen LogP contribution in [0.1, 0.15) is 26.7 Å². The quantitative estimate of drug-likeness (QED) is 0.732. The zero-order chi connectivity index (χ0) is 15.7. The van der Waals surface area contributed by atoms with E-state index >= 15 is 0 Å². The van der Waals surface area contributed by atoms with Crippen LogP contribution in [-0.4, -0.2) is 30.1 Å². The van der Waals surface area contributed by atoms with Gasteiger partial charge in [0.05, 0.1) is 0 Å². The van der Waals surface area contributed by atoms with Crippen molar-refractivity contribution in [3.63, 3.8) is 0 Å². The second-order valence-electron chi connectivity index (χ2n) is 5.50. The molecule has 5 nitrogen and oxygen atoms in total. The highest BCUT2D eigenvalue weighted by molar-refractivity contribution is 5.77. The van der Waals surface area contributed by atoms with E-state index in [1.165, 1.54) is 0 Å². The molecule has 0 aliphatic rings. The summed E-state index contributed by atoms with van der Waals surface area (Å²) in [5.74, 6) is -0.0969. The number of carboxylic acid groups (broad SMARTS) is 1. The van der Waals surface area contributed by atoms with Gasteiger partial charge in [-0.05, 0) is 30.4 Å². The molecule has 0 aromatic heterocycles. The summed E-state index contributed by atoms with van der Waals surface area (Å²) in [5.41, 5.74) is 0. The van der Waals surface area contributed by atoms with Crippen molar-refractivity contribution in [2.75, 3.05) is 13.2 Å². The molecule has 0 aliphatic heterocycles. The minimum absolute atomic E-state index is 0.0526. The van der Waals surface area contributed by atoms with E-state index in [2.05, 4.69) is 5.32 Å². The van der Waals surface area contributed by atoms with E-state index in [0.29, 0.717) is 18.2 Å². The van der Waals surface area contributed by atoms with E-state index in [4.69, 9.17) is 9.84 Å². The van der Waals surface area contributed by atoms with E-state index in [-0.39, 0.29) is 24.9 Å². The molecule has 0 heterocycles. The second-order valence-corrected chi connectivity index (χ2v) is 5.50. The van der Waals surface area contributed by atoms with Gasteiger partial charge < -0.3 is 15.2 Å². The number of rotatable bonds is 9. The molecule has 0 fully saturated rings. The fraction of sp³-hybridized carbons (Fsp3) is 0.500. The minimum Gasteiger partial charge on any atom is -0.484 e. The Morgan fingerprint density at radius 1 is 1.24 bits per heavy atom. The number of carbonyl (C=O) groups is 2. The molecule has 1 aromatic rings. The third-order valence-corrected chi connectivity index (χ3v) is 2.97. The van der Waals surface area contributed by atoms with Gasteiger partial charge in [0, 0.05) is 13.0 Å². The molecule has 0 aliphatic carbocycles. The first-order valence-electron chi connectivity index (χ1n) is 7.13. The van der Waals surface area contributed by atoms with Crippen LogP contribution in [0.5, 0.6) is 5.75 Å². The van der Waals surface area contributed by atoms with Crippen molar-refractivity contribution in [3.8, 4) is 5.75 Å². The highest BCUT2D eigenvalue weighted by Crippen LogP contribution is 2.14. The fourth-order valence-electron chi connectivity index (χ4n) is 2.13. The van der Waals surface area contributed by atoms with E-state index in [0.717, 1.165) is 6.42 Å². The summed E-state index contributed by atoms with van der Waals surface area (Å²) in [7, 11) is 0. The summed E-state index contributed by atoms with van der Waals surface area (Å²) >= 11 is 0. The Labute approximate surface area is 125 Å². The lowest BCUT2D eigenvalue weighted by atomic mass is 9.94. The van der Waals surface area contributed by atoms with E-state index in [9.17, 15) is 9.59 Å². The molecule has 0 spiro atoms. The Kier molecular flexibility index (Phi) is 7.29. The van der Waals surface area contributed by atoms with Gasteiger partial charge >= 0.3 is 5.97 Å². The van der Waals surface area contributed by atoms with Crippen LogP contribution in [0, 0.1) is 11.8 Å². The van der Waals surface area contributed by atoms with Gasteiger partial charge in [0.2, 0.25) is 0 Å². The number of carboxylic acids is 1. The highest BCUT2D eigenvalue weighted by Gasteiger charge is 2.16. The monoisotopic (exact) mass is 293 g/mol. The van der Waals surface area contributed by atoms with Gasteiger partial charge in [0.15, 0.2) is 6.61 Å². The third-order valence-electron chi connectivity index (χ3n) is 2.97. The van der Waals surface area contributed by atoms with Gasteiger partial charge in [0.1, 0.15) is 5.75 Å². The van der Waals surface area contributed by atoms with Crippen LogP contribution >= 0.6 is 0 Å². The molecule has 0 radical (unpaired) electrons. The second kappa shape index (κ2) is 9.00. The van der Waals surface area contributed by atoms with Crippen LogP contribution in [0.4, 0.5) is 0 Å². The molecule has 2 N–H and O–H groups in total. The number of para-hydroxylation sites is 1. The van der Waals surface area contributed by atoms with Crippen molar-refractivity contribution in [3.05, 3.63) is 30.3 Å². The standard InChI is InChI=1S/C16H23NO4/c1-12(2)8-13(9-16(19)20)10-17-15(18)11-21-14-6-4-3-5-7-14/h3-7,12-13H,8-11H2,1-2H3,(H,17,18)(H,19,20)/t13-/m0/s1. The van der Waals surface area contributed by atoms with Crippen molar-refractivity contribution in [2.24, 2.45) is 11.8 Å². The summed E-state index contributed by atoms with van der Waals surface area (Å²) < 4.78 is 5.33. The van der Waals surface area contributed by atoms with Gasteiger partial charge in [-0.1, -0.05) is 32.0 Å². The minimum atomic E-state index is -0.838.